The van der Waals surface area contributed by atoms with Crippen LogP contribution in [0, 0.1) is 12.8 Å². The van der Waals surface area contributed by atoms with E-state index in [0.717, 1.165) is 12.2 Å². The topological polar surface area (TPSA) is 9.23 Å². The molecule has 1 atom stereocenters. The molecule has 0 saturated carbocycles. The highest BCUT2D eigenvalue weighted by Crippen LogP contribution is 2.44. The summed E-state index contributed by atoms with van der Waals surface area (Å²) in [6.45, 7) is 11.1. The van der Waals surface area contributed by atoms with Crippen LogP contribution in [0.5, 0.6) is 5.75 Å². The summed E-state index contributed by atoms with van der Waals surface area (Å²) in [7, 11) is 0. The molecule has 2 rings (SSSR count). The molecule has 88 valence electrons. The van der Waals surface area contributed by atoms with E-state index in [1.54, 1.807) is 0 Å². The third-order valence-corrected chi connectivity index (χ3v) is 3.47. The molecule has 0 bridgehead atoms. The first kappa shape index (κ1) is 11.5. The second kappa shape index (κ2) is 3.80. The third kappa shape index (κ3) is 2.09. The monoisotopic (exact) mass is 218 g/mol. The summed E-state index contributed by atoms with van der Waals surface area (Å²) in [6, 6.07) is 6.55. The van der Waals surface area contributed by atoms with Crippen LogP contribution in [0.3, 0.4) is 0 Å². The van der Waals surface area contributed by atoms with Gasteiger partial charge in [0.15, 0.2) is 0 Å². The zero-order valence-corrected chi connectivity index (χ0v) is 11.0. The van der Waals surface area contributed by atoms with E-state index >= 15 is 0 Å². The van der Waals surface area contributed by atoms with Crippen molar-refractivity contribution in [3.05, 3.63) is 29.3 Å². The Labute approximate surface area is 98.8 Å². The Morgan fingerprint density at radius 3 is 2.62 bits per heavy atom. The first-order chi connectivity index (χ1) is 7.39. The molecule has 1 nitrogen and oxygen atoms in total. The molecule has 1 aromatic rings. The van der Waals surface area contributed by atoms with E-state index in [1.165, 1.54) is 11.1 Å². The average Bonchev–Trinajstić information content (AvgIpc) is 2.16. The second-order valence-electron chi connectivity index (χ2n) is 5.96. The van der Waals surface area contributed by atoms with Gasteiger partial charge in [-0.1, -0.05) is 31.5 Å². The van der Waals surface area contributed by atoms with Crippen molar-refractivity contribution >= 4 is 0 Å². The maximum atomic E-state index is 6.05. The van der Waals surface area contributed by atoms with Gasteiger partial charge in [0.25, 0.3) is 0 Å². The summed E-state index contributed by atoms with van der Waals surface area (Å²) >= 11 is 0. The molecule has 1 heterocycles. The van der Waals surface area contributed by atoms with Crippen LogP contribution in [-0.2, 0) is 0 Å². The number of benzene rings is 1. The maximum absolute atomic E-state index is 6.05. The summed E-state index contributed by atoms with van der Waals surface area (Å²) in [5.74, 6) is 2.38. The van der Waals surface area contributed by atoms with Gasteiger partial charge in [0, 0.05) is 0 Å². The summed E-state index contributed by atoms with van der Waals surface area (Å²) in [5.41, 5.74) is 2.69. The average molecular weight is 218 g/mol. The molecule has 0 amide bonds. The summed E-state index contributed by atoms with van der Waals surface area (Å²) in [6.07, 6.45) is 1.11. The zero-order valence-electron chi connectivity index (χ0n) is 11.0. The lowest BCUT2D eigenvalue weighted by Crippen LogP contribution is -2.36. The van der Waals surface area contributed by atoms with Gasteiger partial charge in [-0.15, -0.1) is 0 Å². The molecule has 0 saturated heterocycles. The van der Waals surface area contributed by atoms with E-state index in [1.807, 2.05) is 0 Å². The van der Waals surface area contributed by atoms with Gasteiger partial charge >= 0.3 is 0 Å². The van der Waals surface area contributed by atoms with Crippen LogP contribution >= 0.6 is 0 Å². The lowest BCUT2D eigenvalue weighted by atomic mass is 9.78. The van der Waals surface area contributed by atoms with Crippen molar-refractivity contribution in [3.63, 3.8) is 0 Å². The van der Waals surface area contributed by atoms with E-state index in [4.69, 9.17) is 4.74 Å². The highest BCUT2D eigenvalue weighted by Gasteiger charge is 2.34. The predicted octanol–water partition coefficient (Wildman–Crippen LogP) is 4.30. The Hall–Kier alpha value is -0.980. The number of fused-ring (bicyclic) bond motifs is 1. The van der Waals surface area contributed by atoms with E-state index < -0.39 is 0 Å². The SMILES string of the molecule is Cc1ccc2c(c1)C(C(C)C)CC(C)(C)O2. The molecule has 0 aromatic heterocycles. The highest BCUT2D eigenvalue weighted by atomic mass is 16.5. The first-order valence-electron chi connectivity index (χ1n) is 6.18. The van der Waals surface area contributed by atoms with Crippen molar-refractivity contribution in [3.8, 4) is 5.75 Å². The van der Waals surface area contributed by atoms with E-state index in [-0.39, 0.29) is 5.60 Å². The Morgan fingerprint density at radius 2 is 2.00 bits per heavy atom. The Kier molecular flexibility index (Phi) is 2.73. The van der Waals surface area contributed by atoms with Gasteiger partial charge in [-0.3, -0.25) is 0 Å². The van der Waals surface area contributed by atoms with Crippen molar-refractivity contribution in [2.45, 2.75) is 52.6 Å². The number of hydrogen-bond acceptors (Lipinski definition) is 1. The quantitative estimate of drug-likeness (QED) is 0.683. The zero-order chi connectivity index (χ0) is 11.9. The smallest absolute Gasteiger partial charge is 0.123 e. The van der Waals surface area contributed by atoms with Crippen LogP contribution in [-0.4, -0.2) is 5.60 Å². The van der Waals surface area contributed by atoms with Gasteiger partial charge < -0.3 is 4.74 Å². The minimum atomic E-state index is -0.0306. The Morgan fingerprint density at radius 1 is 1.31 bits per heavy atom. The normalized spacial score (nSPS) is 22.8. The van der Waals surface area contributed by atoms with Crippen molar-refractivity contribution in [1.82, 2.24) is 0 Å². The van der Waals surface area contributed by atoms with Gasteiger partial charge in [-0.2, -0.15) is 0 Å². The van der Waals surface area contributed by atoms with Gasteiger partial charge in [0.1, 0.15) is 11.4 Å². The van der Waals surface area contributed by atoms with Crippen LogP contribution in [0.4, 0.5) is 0 Å². The van der Waals surface area contributed by atoms with E-state index in [2.05, 4.69) is 52.8 Å². The second-order valence-corrected chi connectivity index (χ2v) is 5.96. The summed E-state index contributed by atoms with van der Waals surface area (Å²) in [4.78, 5) is 0. The summed E-state index contributed by atoms with van der Waals surface area (Å²) < 4.78 is 6.05. The highest BCUT2D eigenvalue weighted by molar-refractivity contribution is 5.42. The number of hydrogen-bond donors (Lipinski definition) is 0. The van der Waals surface area contributed by atoms with Crippen LogP contribution < -0.4 is 4.74 Å². The van der Waals surface area contributed by atoms with Crippen LogP contribution in [0.1, 0.15) is 51.2 Å². The van der Waals surface area contributed by atoms with Crippen LogP contribution in [0.25, 0.3) is 0 Å². The predicted molar refractivity (Wildman–Crippen MR) is 68.1 cm³/mol. The number of aryl methyl sites for hydroxylation is 1. The minimum absolute atomic E-state index is 0.0306. The Bertz CT molecular complexity index is 390. The molecule has 0 radical (unpaired) electrons. The molecule has 1 aromatic carbocycles. The lowest BCUT2D eigenvalue weighted by Gasteiger charge is -2.39. The standard InChI is InChI=1S/C15H22O/c1-10(2)13-9-15(4,5)16-14-7-6-11(3)8-12(13)14/h6-8,10,13H,9H2,1-5H3. The largest absolute Gasteiger partial charge is 0.488 e. The number of rotatable bonds is 1. The molecule has 16 heavy (non-hydrogen) atoms. The van der Waals surface area contributed by atoms with E-state index in [0.29, 0.717) is 11.8 Å². The maximum Gasteiger partial charge on any atom is 0.123 e. The molecule has 0 N–H and O–H groups in total. The van der Waals surface area contributed by atoms with Gasteiger partial charge in [-0.25, -0.2) is 0 Å². The Balaban J connectivity index is 2.47. The first-order valence-corrected chi connectivity index (χ1v) is 6.18. The molecule has 1 heteroatoms. The fraction of sp³-hybridized carbons (Fsp3) is 0.600. The van der Waals surface area contributed by atoms with Gasteiger partial charge in [-0.05, 0) is 50.7 Å². The van der Waals surface area contributed by atoms with Crippen molar-refractivity contribution in [2.24, 2.45) is 5.92 Å². The molecular weight excluding hydrogens is 196 g/mol. The minimum Gasteiger partial charge on any atom is -0.488 e. The van der Waals surface area contributed by atoms with Gasteiger partial charge in [0.2, 0.25) is 0 Å². The fourth-order valence-electron chi connectivity index (χ4n) is 2.62. The van der Waals surface area contributed by atoms with E-state index in [9.17, 15) is 0 Å². The fourth-order valence-corrected chi connectivity index (χ4v) is 2.62. The number of ether oxygens (including phenoxy) is 1. The third-order valence-electron chi connectivity index (χ3n) is 3.47. The van der Waals surface area contributed by atoms with Crippen molar-refractivity contribution < 1.29 is 4.74 Å². The van der Waals surface area contributed by atoms with Crippen LogP contribution in [0.15, 0.2) is 18.2 Å². The van der Waals surface area contributed by atoms with Crippen molar-refractivity contribution in [1.29, 1.82) is 0 Å². The summed E-state index contributed by atoms with van der Waals surface area (Å²) in [5, 5.41) is 0. The molecule has 1 unspecified atom stereocenters. The molecule has 1 aliphatic heterocycles. The molecular formula is C15H22O. The molecule has 0 spiro atoms. The van der Waals surface area contributed by atoms with Gasteiger partial charge in [0.05, 0.1) is 0 Å². The van der Waals surface area contributed by atoms with Crippen molar-refractivity contribution in [2.75, 3.05) is 0 Å². The molecule has 0 fully saturated rings. The molecule has 0 aliphatic carbocycles. The lowest BCUT2D eigenvalue weighted by molar-refractivity contribution is 0.0640. The molecule has 1 aliphatic rings. The van der Waals surface area contributed by atoms with Crippen LogP contribution in [0.2, 0.25) is 0 Å².